The smallest absolute Gasteiger partial charge is 0.289 e. The van der Waals surface area contributed by atoms with Crippen LogP contribution in [0.4, 0.5) is 0 Å². The van der Waals surface area contributed by atoms with Crippen LogP contribution in [-0.2, 0) is 6.42 Å². The third-order valence-corrected chi connectivity index (χ3v) is 4.99. The summed E-state index contributed by atoms with van der Waals surface area (Å²) in [5, 5.41) is 3.46. The average Bonchev–Trinajstić information content (AvgIpc) is 3.21. The zero-order valence-electron chi connectivity index (χ0n) is 16.4. The van der Waals surface area contributed by atoms with Crippen molar-refractivity contribution in [3.8, 4) is 0 Å². The fourth-order valence-electron chi connectivity index (χ4n) is 3.44. The number of aryl methyl sites for hydroxylation is 2. The number of hydrogen-bond donors (Lipinski definition) is 1. The zero-order chi connectivity index (χ0) is 19.2. The Hall–Kier alpha value is -2.76. The number of amides is 1. The van der Waals surface area contributed by atoms with Crippen molar-refractivity contribution in [2.45, 2.75) is 20.3 Å². The molecule has 0 unspecified atom stereocenters. The Bertz CT molecular complexity index is 791. The van der Waals surface area contributed by atoms with E-state index in [2.05, 4.69) is 47.3 Å². The molecule has 1 aromatic heterocycles. The van der Waals surface area contributed by atoms with E-state index in [1.807, 2.05) is 4.90 Å². The monoisotopic (exact) mass is 368 g/mol. The highest BCUT2D eigenvalue weighted by atomic mass is 16.3. The van der Waals surface area contributed by atoms with Crippen molar-refractivity contribution >= 4 is 11.9 Å². The number of rotatable bonds is 4. The number of furan rings is 1. The van der Waals surface area contributed by atoms with Gasteiger partial charge in [-0.2, -0.15) is 0 Å². The summed E-state index contributed by atoms with van der Waals surface area (Å²) >= 11 is 0. The Balaban J connectivity index is 1.48. The summed E-state index contributed by atoms with van der Waals surface area (Å²) in [7, 11) is 1.81. The van der Waals surface area contributed by atoms with Crippen molar-refractivity contribution in [3.05, 3.63) is 59.0 Å². The van der Waals surface area contributed by atoms with Gasteiger partial charge < -0.3 is 19.5 Å². The third-order valence-electron chi connectivity index (χ3n) is 4.99. The molecule has 0 aliphatic carbocycles. The van der Waals surface area contributed by atoms with Gasteiger partial charge in [0.2, 0.25) is 0 Å². The normalized spacial score (nSPS) is 15.1. The maximum Gasteiger partial charge on any atom is 0.289 e. The van der Waals surface area contributed by atoms with E-state index < -0.39 is 0 Å². The van der Waals surface area contributed by atoms with E-state index in [9.17, 15) is 4.79 Å². The lowest BCUT2D eigenvalue weighted by atomic mass is 10.0. The van der Waals surface area contributed by atoms with Crippen molar-refractivity contribution in [2.75, 3.05) is 39.8 Å². The molecule has 1 fully saturated rings. The van der Waals surface area contributed by atoms with E-state index in [0.29, 0.717) is 18.8 Å². The number of carbonyl (C=O) groups is 1. The Morgan fingerprint density at radius 2 is 1.89 bits per heavy atom. The van der Waals surface area contributed by atoms with Crippen LogP contribution in [0.1, 0.15) is 27.2 Å². The first-order chi connectivity index (χ1) is 13.1. The highest BCUT2D eigenvalue weighted by Crippen LogP contribution is 2.12. The lowest BCUT2D eigenvalue weighted by Crippen LogP contribution is -2.54. The topological polar surface area (TPSA) is 61.1 Å². The van der Waals surface area contributed by atoms with Crippen LogP contribution in [0, 0.1) is 13.8 Å². The molecule has 27 heavy (non-hydrogen) atoms. The molecule has 0 atom stereocenters. The van der Waals surface area contributed by atoms with Crippen molar-refractivity contribution in [1.29, 1.82) is 0 Å². The first-order valence-electron chi connectivity index (χ1n) is 9.43. The number of guanidine groups is 1. The summed E-state index contributed by atoms with van der Waals surface area (Å²) in [5.74, 6) is 1.25. The van der Waals surface area contributed by atoms with Crippen LogP contribution in [0.25, 0.3) is 0 Å². The van der Waals surface area contributed by atoms with Gasteiger partial charge in [0.15, 0.2) is 11.7 Å². The molecule has 0 bridgehead atoms. The standard InChI is InChI=1S/C21H28N4O2/c1-16-6-7-18(17(2)15-16)8-9-23-21(22-3)25-12-10-24(11-13-25)20(26)19-5-4-14-27-19/h4-7,14-15H,8-13H2,1-3H3,(H,22,23). The Morgan fingerprint density at radius 3 is 2.52 bits per heavy atom. The predicted octanol–water partition coefficient (Wildman–Crippen LogP) is 2.47. The molecule has 1 aliphatic heterocycles. The predicted molar refractivity (Wildman–Crippen MR) is 107 cm³/mol. The van der Waals surface area contributed by atoms with Crippen LogP contribution in [0.5, 0.6) is 0 Å². The number of nitrogens with zero attached hydrogens (tertiary/aromatic N) is 3. The van der Waals surface area contributed by atoms with Gasteiger partial charge in [-0.1, -0.05) is 23.8 Å². The SMILES string of the molecule is CN=C(NCCc1ccc(C)cc1C)N1CCN(C(=O)c2ccco2)CC1. The second-order valence-corrected chi connectivity index (χ2v) is 6.91. The molecule has 6 heteroatoms. The van der Waals surface area contributed by atoms with Gasteiger partial charge in [0.05, 0.1) is 6.26 Å². The van der Waals surface area contributed by atoms with Crippen LogP contribution < -0.4 is 5.32 Å². The first kappa shape index (κ1) is 19.0. The summed E-state index contributed by atoms with van der Waals surface area (Å²) < 4.78 is 5.22. The molecule has 0 radical (unpaired) electrons. The minimum atomic E-state index is -0.0440. The number of nitrogens with one attached hydrogen (secondary N) is 1. The second kappa shape index (κ2) is 8.75. The van der Waals surface area contributed by atoms with E-state index >= 15 is 0 Å². The van der Waals surface area contributed by atoms with E-state index in [-0.39, 0.29) is 5.91 Å². The zero-order valence-corrected chi connectivity index (χ0v) is 16.4. The number of carbonyl (C=O) groups excluding carboxylic acids is 1. The molecule has 2 heterocycles. The summed E-state index contributed by atoms with van der Waals surface area (Å²) in [5.41, 5.74) is 3.98. The average molecular weight is 368 g/mol. The van der Waals surface area contributed by atoms with Gasteiger partial charge in [-0.3, -0.25) is 9.79 Å². The summed E-state index contributed by atoms with van der Waals surface area (Å²) in [6, 6.07) is 10.0. The van der Waals surface area contributed by atoms with Crippen LogP contribution in [-0.4, -0.2) is 61.4 Å². The van der Waals surface area contributed by atoms with E-state index in [0.717, 1.165) is 32.0 Å². The molecule has 1 aliphatic rings. The van der Waals surface area contributed by atoms with Crippen LogP contribution in [0.3, 0.4) is 0 Å². The Morgan fingerprint density at radius 1 is 1.15 bits per heavy atom. The lowest BCUT2D eigenvalue weighted by Gasteiger charge is -2.36. The maximum absolute atomic E-state index is 12.4. The minimum absolute atomic E-state index is 0.0440. The Kier molecular flexibility index (Phi) is 6.16. The van der Waals surface area contributed by atoms with Crippen molar-refractivity contribution in [1.82, 2.24) is 15.1 Å². The second-order valence-electron chi connectivity index (χ2n) is 6.91. The van der Waals surface area contributed by atoms with Gasteiger partial charge in [0.1, 0.15) is 0 Å². The number of aliphatic imine (C=N–C) groups is 1. The van der Waals surface area contributed by atoms with Crippen molar-refractivity contribution in [3.63, 3.8) is 0 Å². The summed E-state index contributed by atoms with van der Waals surface area (Å²) in [6.45, 7) is 7.96. The molecule has 1 N–H and O–H groups in total. The van der Waals surface area contributed by atoms with E-state index in [4.69, 9.17) is 4.42 Å². The molecule has 6 nitrogen and oxygen atoms in total. The molecule has 3 rings (SSSR count). The highest BCUT2D eigenvalue weighted by Gasteiger charge is 2.25. The van der Waals surface area contributed by atoms with E-state index in [1.54, 1.807) is 19.2 Å². The summed E-state index contributed by atoms with van der Waals surface area (Å²) in [4.78, 5) is 20.8. The highest BCUT2D eigenvalue weighted by molar-refractivity contribution is 5.91. The van der Waals surface area contributed by atoms with Gasteiger partial charge in [-0.25, -0.2) is 0 Å². The van der Waals surface area contributed by atoms with Gasteiger partial charge in [-0.15, -0.1) is 0 Å². The number of hydrogen-bond acceptors (Lipinski definition) is 3. The van der Waals surface area contributed by atoms with Gasteiger partial charge in [-0.05, 0) is 43.5 Å². The van der Waals surface area contributed by atoms with Gasteiger partial charge in [0, 0.05) is 39.8 Å². The quantitative estimate of drug-likeness (QED) is 0.665. The molecule has 1 amide bonds. The molecule has 2 aromatic rings. The molecule has 0 saturated carbocycles. The fraction of sp³-hybridized carbons (Fsp3) is 0.429. The van der Waals surface area contributed by atoms with Crippen molar-refractivity contribution in [2.24, 2.45) is 4.99 Å². The minimum Gasteiger partial charge on any atom is -0.459 e. The number of benzene rings is 1. The maximum atomic E-state index is 12.4. The summed E-state index contributed by atoms with van der Waals surface area (Å²) in [6.07, 6.45) is 2.49. The molecular weight excluding hydrogens is 340 g/mol. The molecule has 1 saturated heterocycles. The molecule has 0 spiro atoms. The third kappa shape index (κ3) is 4.70. The Labute approximate surface area is 160 Å². The fourth-order valence-corrected chi connectivity index (χ4v) is 3.44. The number of piperazine rings is 1. The molecular formula is C21H28N4O2. The lowest BCUT2D eigenvalue weighted by molar-refractivity contribution is 0.0658. The largest absolute Gasteiger partial charge is 0.459 e. The first-order valence-corrected chi connectivity index (χ1v) is 9.43. The van der Waals surface area contributed by atoms with Crippen LogP contribution in [0.15, 0.2) is 46.0 Å². The van der Waals surface area contributed by atoms with Crippen LogP contribution >= 0.6 is 0 Å². The van der Waals surface area contributed by atoms with Gasteiger partial charge in [0.25, 0.3) is 5.91 Å². The van der Waals surface area contributed by atoms with Crippen molar-refractivity contribution < 1.29 is 9.21 Å². The van der Waals surface area contributed by atoms with E-state index in [1.165, 1.54) is 23.0 Å². The molecule has 144 valence electrons. The van der Waals surface area contributed by atoms with Gasteiger partial charge >= 0.3 is 0 Å². The van der Waals surface area contributed by atoms with Crippen LogP contribution in [0.2, 0.25) is 0 Å². The molecule has 1 aromatic carbocycles.